The molecule has 0 fully saturated rings. The van der Waals surface area contributed by atoms with Crippen molar-refractivity contribution in [2.45, 2.75) is 253 Å². The van der Waals surface area contributed by atoms with Gasteiger partial charge in [0.15, 0.2) is 0 Å². The monoisotopic (exact) mass is 733 g/mol. The number of hydrogen-bond acceptors (Lipinski definition) is 3. The molecule has 298 valence electrons. The summed E-state index contributed by atoms with van der Waals surface area (Å²) in [5.74, 6) is -0.191. The van der Waals surface area contributed by atoms with Crippen LogP contribution >= 0.6 is 7.26 Å². The fourth-order valence-corrected chi connectivity index (χ4v) is 12.8. The maximum absolute atomic E-state index is 10.3. The maximum atomic E-state index is 10.3. The van der Waals surface area contributed by atoms with Crippen LogP contribution in [0, 0.1) is 0 Å². The van der Waals surface area contributed by atoms with Crippen molar-refractivity contribution in [3.63, 3.8) is 0 Å². The van der Waals surface area contributed by atoms with E-state index >= 15 is 0 Å². The Balaban J connectivity index is 0. The molecule has 0 aliphatic heterocycles. The molecule has 0 unspecified atom stereocenters. The molecule has 0 N–H and O–H groups in total. The molecule has 0 atom stereocenters. The molecule has 0 aromatic carbocycles. The lowest BCUT2D eigenvalue weighted by atomic mass is 10.1. The fraction of sp³-hybridized carbons (Fsp3) is 1.00. The average Bonchev–Trinajstić information content (AvgIpc) is 3.08. The van der Waals surface area contributed by atoms with Crippen molar-refractivity contribution in [2.75, 3.05) is 30.4 Å². The summed E-state index contributed by atoms with van der Waals surface area (Å²) < 4.78 is 30.9. The summed E-state index contributed by atoms with van der Waals surface area (Å²) in [6, 6.07) is 0. The van der Waals surface area contributed by atoms with Gasteiger partial charge in [0.2, 0.25) is 0 Å². The number of unbranched alkanes of at least 4 members (excludes halogenated alkanes) is 29. The SMILES string of the molecule is CCCCCCCCCCCCS(=O)(=O)[O-].CCCCCCCC[P+](CCCCCCCC)(CCCCCCCC)CCCCCCCC. The molecular formula is C44H93O3PS. The van der Waals surface area contributed by atoms with E-state index in [0.29, 0.717) is 6.42 Å². The van der Waals surface area contributed by atoms with E-state index in [1.807, 2.05) is 0 Å². The average molecular weight is 733 g/mol. The van der Waals surface area contributed by atoms with Crippen molar-refractivity contribution >= 4 is 17.4 Å². The van der Waals surface area contributed by atoms with E-state index in [9.17, 15) is 13.0 Å². The summed E-state index contributed by atoms with van der Waals surface area (Å²) in [4.78, 5) is 0. The van der Waals surface area contributed by atoms with E-state index in [4.69, 9.17) is 0 Å². The van der Waals surface area contributed by atoms with E-state index in [2.05, 4.69) is 34.6 Å². The van der Waals surface area contributed by atoms with Gasteiger partial charge in [-0.1, -0.05) is 195 Å². The third-order valence-electron chi connectivity index (χ3n) is 10.7. The van der Waals surface area contributed by atoms with Gasteiger partial charge in [0.25, 0.3) is 0 Å². The summed E-state index contributed by atoms with van der Waals surface area (Å²) >= 11 is 0. The normalized spacial score (nSPS) is 12.0. The van der Waals surface area contributed by atoms with Crippen molar-refractivity contribution in [3.05, 3.63) is 0 Å². The third kappa shape index (κ3) is 42.6. The van der Waals surface area contributed by atoms with Gasteiger partial charge in [0.1, 0.15) is 0 Å². The van der Waals surface area contributed by atoms with Crippen LogP contribution in [-0.2, 0) is 10.1 Å². The molecule has 49 heavy (non-hydrogen) atoms. The van der Waals surface area contributed by atoms with Crippen LogP contribution in [0.3, 0.4) is 0 Å². The molecule has 0 amide bonds. The van der Waals surface area contributed by atoms with Crippen LogP contribution in [0.25, 0.3) is 0 Å². The van der Waals surface area contributed by atoms with Gasteiger partial charge in [-0.15, -0.1) is 0 Å². The number of hydrogen-bond donors (Lipinski definition) is 0. The van der Waals surface area contributed by atoms with Crippen LogP contribution < -0.4 is 0 Å². The molecule has 3 nitrogen and oxygen atoms in total. The molecule has 0 rings (SSSR count). The third-order valence-corrected chi connectivity index (χ3v) is 16.5. The lowest BCUT2D eigenvalue weighted by molar-refractivity contribution is 0.459. The minimum Gasteiger partial charge on any atom is -0.748 e. The molecule has 0 bridgehead atoms. The maximum Gasteiger partial charge on any atom is 0.0945 e. The molecule has 0 heterocycles. The Morgan fingerprint density at radius 1 is 0.306 bits per heavy atom. The van der Waals surface area contributed by atoms with Crippen LogP contribution in [-0.4, -0.2) is 43.4 Å². The highest BCUT2D eigenvalue weighted by Gasteiger charge is 2.35. The molecule has 5 heteroatoms. The van der Waals surface area contributed by atoms with Crippen LogP contribution in [0.4, 0.5) is 0 Å². The zero-order valence-electron chi connectivity index (χ0n) is 34.7. The summed E-state index contributed by atoms with van der Waals surface area (Å²) in [5, 5.41) is 0. The second-order valence-corrected chi connectivity index (χ2v) is 21.7. The van der Waals surface area contributed by atoms with Crippen molar-refractivity contribution < 1.29 is 13.0 Å². The Kier molecular flexibility index (Phi) is 43.2. The van der Waals surface area contributed by atoms with E-state index in [-0.39, 0.29) is 5.75 Å². The minimum atomic E-state index is -3.98. The minimum absolute atomic E-state index is 0.191. The Hall–Kier alpha value is 0.340. The van der Waals surface area contributed by atoms with Gasteiger partial charge in [-0.05, 0) is 57.8 Å². The molecule has 0 spiro atoms. The lowest BCUT2D eigenvalue weighted by Crippen LogP contribution is -2.13. The predicted octanol–water partition coefficient (Wildman–Crippen LogP) is 15.9. The Morgan fingerprint density at radius 2 is 0.490 bits per heavy atom. The van der Waals surface area contributed by atoms with Gasteiger partial charge in [-0.3, -0.25) is 0 Å². The molecule has 0 aromatic heterocycles. The molecule has 0 saturated heterocycles. The molecular weight excluding hydrogens is 640 g/mol. The molecule has 0 saturated carbocycles. The summed E-state index contributed by atoms with van der Waals surface area (Å²) in [7, 11) is -4.70. The highest BCUT2D eigenvalue weighted by Crippen LogP contribution is 2.61. The highest BCUT2D eigenvalue weighted by atomic mass is 32.2. The zero-order valence-corrected chi connectivity index (χ0v) is 36.4. The molecule has 0 radical (unpaired) electrons. The standard InChI is InChI=1S/C32H68P.C12H26O3S/c1-5-9-13-17-21-25-29-33(30-26-22-18-14-10-6-2,31-27-23-19-15-11-7-3)32-28-24-20-16-12-8-4;1-2-3-4-5-6-7-8-9-10-11-12-16(13,14)15/h5-32H2,1-4H3;2-12H2,1H3,(H,13,14,15)/q+1;/p-1. The van der Waals surface area contributed by atoms with Crippen LogP contribution in [0.2, 0.25) is 0 Å². The van der Waals surface area contributed by atoms with E-state index in [0.717, 1.165) is 12.8 Å². The van der Waals surface area contributed by atoms with Gasteiger partial charge in [0.05, 0.1) is 34.8 Å². The van der Waals surface area contributed by atoms with Gasteiger partial charge in [-0.25, -0.2) is 8.42 Å². The summed E-state index contributed by atoms with van der Waals surface area (Å²) in [5.41, 5.74) is 0. The Labute approximate surface area is 312 Å². The summed E-state index contributed by atoms with van der Waals surface area (Å²) in [6.45, 7) is 11.6. The van der Waals surface area contributed by atoms with E-state index in [1.54, 1.807) is 50.3 Å². The van der Waals surface area contributed by atoms with Crippen molar-refractivity contribution in [3.8, 4) is 0 Å². The van der Waals surface area contributed by atoms with Crippen LogP contribution in [0.5, 0.6) is 0 Å². The first-order chi connectivity index (χ1) is 23.8. The van der Waals surface area contributed by atoms with Gasteiger partial charge in [-0.2, -0.15) is 0 Å². The van der Waals surface area contributed by atoms with Crippen molar-refractivity contribution in [1.29, 1.82) is 0 Å². The number of rotatable bonds is 39. The fourth-order valence-electron chi connectivity index (χ4n) is 7.35. The van der Waals surface area contributed by atoms with Gasteiger partial charge < -0.3 is 4.55 Å². The Bertz CT molecular complexity index is 641. The first-order valence-corrected chi connectivity index (χ1v) is 26.7. The predicted molar refractivity (Wildman–Crippen MR) is 226 cm³/mol. The van der Waals surface area contributed by atoms with E-state index in [1.165, 1.54) is 173 Å². The highest BCUT2D eigenvalue weighted by molar-refractivity contribution is 7.85. The summed E-state index contributed by atoms with van der Waals surface area (Å²) in [6.07, 6.45) is 53.6. The lowest BCUT2D eigenvalue weighted by Gasteiger charge is -2.28. The first-order valence-electron chi connectivity index (χ1n) is 22.6. The molecule has 0 aromatic rings. The largest absolute Gasteiger partial charge is 0.748 e. The quantitative estimate of drug-likeness (QED) is 0.0359. The van der Waals surface area contributed by atoms with Crippen molar-refractivity contribution in [1.82, 2.24) is 0 Å². The molecule has 0 aliphatic carbocycles. The van der Waals surface area contributed by atoms with Crippen molar-refractivity contribution in [2.24, 2.45) is 0 Å². The van der Waals surface area contributed by atoms with Crippen LogP contribution in [0.15, 0.2) is 0 Å². The second-order valence-electron chi connectivity index (χ2n) is 15.8. The second kappa shape index (κ2) is 41.1. The van der Waals surface area contributed by atoms with E-state index < -0.39 is 17.4 Å². The smallest absolute Gasteiger partial charge is 0.0945 e. The van der Waals surface area contributed by atoms with Gasteiger partial charge >= 0.3 is 0 Å². The zero-order chi connectivity index (χ0) is 36.6. The van der Waals surface area contributed by atoms with Crippen LogP contribution in [0.1, 0.15) is 253 Å². The topological polar surface area (TPSA) is 57.2 Å². The first kappa shape index (κ1) is 51.4. The Morgan fingerprint density at radius 3 is 0.694 bits per heavy atom. The van der Waals surface area contributed by atoms with Gasteiger partial charge in [0, 0.05) is 13.0 Å². The molecule has 0 aliphatic rings.